The van der Waals surface area contributed by atoms with Crippen molar-refractivity contribution >= 4 is 23.5 Å². The molecule has 5 rings (SSSR count). The van der Waals surface area contributed by atoms with Crippen molar-refractivity contribution in [2.24, 2.45) is 41.1 Å². The summed E-state index contributed by atoms with van der Waals surface area (Å²) in [7, 11) is 1.79. The van der Waals surface area contributed by atoms with Crippen LogP contribution in [0.25, 0.3) is 0 Å². The monoisotopic (exact) mass is 645 g/mol. The van der Waals surface area contributed by atoms with E-state index in [0.29, 0.717) is 43.1 Å². The first-order valence-electron chi connectivity index (χ1n) is 18.2. The van der Waals surface area contributed by atoms with Gasteiger partial charge in [0, 0.05) is 49.4 Å². The maximum atomic E-state index is 14.2. The second-order valence-electron chi connectivity index (χ2n) is 14.9. The lowest BCUT2D eigenvalue weighted by Crippen LogP contribution is -2.95. The van der Waals surface area contributed by atoms with Gasteiger partial charge in [-0.25, -0.2) is 4.79 Å². The van der Waals surface area contributed by atoms with Gasteiger partial charge < -0.3 is 20.1 Å². The van der Waals surface area contributed by atoms with Crippen LogP contribution in [0.15, 0.2) is 11.6 Å². The lowest BCUT2D eigenvalue weighted by molar-refractivity contribution is -0.699. The Morgan fingerprint density at radius 3 is 2.57 bits per heavy atom. The molecule has 2 saturated heterocycles. The molecule has 11 nitrogen and oxygen atoms in total. The molecule has 258 valence electrons. The minimum atomic E-state index is -1.82. The summed E-state index contributed by atoms with van der Waals surface area (Å²) in [5, 5.41) is 7.96. The number of rotatable bonds is 12. The van der Waals surface area contributed by atoms with Crippen molar-refractivity contribution in [3.8, 4) is 0 Å². The van der Waals surface area contributed by atoms with E-state index in [1.165, 1.54) is 6.42 Å². The maximum absolute atomic E-state index is 14.2. The zero-order valence-corrected chi connectivity index (χ0v) is 28.7. The number of ether oxygens (including phenoxy) is 2. The SMILES string of the molecule is CC[NH2+][C@@H]1CC[C@H](CC)C[C@H]1COC(=O)[C@]12O[C@@]1(CC=C(C)C[C@@H](NC(N)=[NH+]C)C1CC[NH2+]C(N)C1)C(=O)C1CCCCC1C2=O. The number of nitrogens with one attached hydrogen (secondary N) is 2. The van der Waals surface area contributed by atoms with Crippen molar-refractivity contribution in [3.63, 3.8) is 0 Å². The van der Waals surface area contributed by atoms with Gasteiger partial charge in [-0.1, -0.05) is 37.8 Å². The summed E-state index contributed by atoms with van der Waals surface area (Å²) in [6.07, 6.45) is 12.3. The van der Waals surface area contributed by atoms with Crippen LogP contribution in [0.3, 0.4) is 0 Å². The fraction of sp³-hybridized carbons (Fsp3) is 0.829. The number of epoxide rings is 1. The second-order valence-corrected chi connectivity index (χ2v) is 14.9. The largest absolute Gasteiger partial charge is 0.463 e. The fourth-order valence-corrected chi connectivity index (χ4v) is 9.27. The van der Waals surface area contributed by atoms with Crippen LogP contribution < -0.4 is 32.4 Å². The van der Waals surface area contributed by atoms with Crippen molar-refractivity contribution in [2.75, 3.05) is 26.7 Å². The van der Waals surface area contributed by atoms with Crippen LogP contribution in [0, 0.1) is 29.6 Å². The van der Waals surface area contributed by atoms with Crippen LogP contribution in [0.5, 0.6) is 0 Å². The van der Waals surface area contributed by atoms with Crippen LogP contribution in [-0.4, -0.2) is 79.7 Å². The van der Waals surface area contributed by atoms with Gasteiger partial charge in [-0.2, -0.15) is 0 Å². The van der Waals surface area contributed by atoms with Crippen molar-refractivity contribution < 1.29 is 39.5 Å². The van der Waals surface area contributed by atoms with Gasteiger partial charge in [-0.15, -0.1) is 0 Å². The molecule has 0 spiro atoms. The number of carbonyl (C=O) groups excluding carboxylic acids is 3. The summed E-state index contributed by atoms with van der Waals surface area (Å²) in [4.78, 5) is 45.5. The molecule has 46 heavy (non-hydrogen) atoms. The Labute approximate surface area is 274 Å². The molecule has 10 atom stereocenters. The lowest BCUT2D eigenvalue weighted by Gasteiger charge is -2.37. The molecule has 0 aromatic rings. The molecular weight excluding hydrogens is 584 g/mol. The summed E-state index contributed by atoms with van der Waals surface area (Å²) in [6.45, 7) is 8.61. The zero-order chi connectivity index (χ0) is 33.1. The van der Waals surface area contributed by atoms with E-state index in [1.807, 2.05) is 13.0 Å². The Morgan fingerprint density at radius 2 is 1.89 bits per heavy atom. The number of fused-ring (bicyclic) bond motifs is 2. The minimum Gasteiger partial charge on any atom is -0.463 e. The van der Waals surface area contributed by atoms with Crippen LogP contribution in [-0.2, 0) is 23.9 Å². The second kappa shape index (κ2) is 14.8. The van der Waals surface area contributed by atoms with Gasteiger partial charge in [0.2, 0.25) is 0 Å². The van der Waals surface area contributed by atoms with E-state index in [0.717, 1.165) is 63.6 Å². The first-order chi connectivity index (χ1) is 22.1. The molecule has 2 heterocycles. The number of carbonyl (C=O) groups is 3. The Morgan fingerprint density at radius 1 is 1.15 bits per heavy atom. The molecule has 2 aliphatic heterocycles. The summed E-state index contributed by atoms with van der Waals surface area (Å²) < 4.78 is 12.3. The van der Waals surface area contributed by atoms with E-state index in [4.69, 9.17) is 20.9 Å². The molecule has 3 aliphatic carbocycles. The van der Waals surface area contributed by atoms with Crippen LogP contribution >= 0.6 is 0 Å². The first-order valence-corrected chi connectivity index (χ1v) is 18.2. The third-order valence-corrected chi connectivity index (χ3v) is 12.1. The highest BCUT2D eigenvalue weighted by molar-refractivity contribution is 6.23. The number of nitrogens with two attached hydrogens (primary N) is 4. The summed E-state index contributed by atoms with van der Waals surface area (Å²) in [5.74, 6) is -0.137. The van der Waals surface area contributed by atoms with Gasteiger partial charge >= 0.3 is 11.9 Å². The number of hydrogen-bond acceptors (Lipinski definition) is 6. The Hall–Kier alpha value is -2.34. The normalized spacial score (nSPS) is 38.8. The molecule has 4 unspecified atom stereocenters. The van der Waals surface area contributed by atoms with Crippen LogP contribution in [0.4, 0.5) is 0 Å². The molecule has 10 N–H and O–H groups in total. The number of guanidine groups is 1. The third-order valence-electron chi connectivity index (χ3n) is 12.1. The van der Waals surface area contributed by atoms with Crippen molar-refractivity contribution in [1.29, 1.82) is 0 Å². The maximum Gasteiger partial charge on any atom is 0.350 e. The smallest absolute Gasteiger partial charge is 0.350 e. The van der Waals surface area contributed by atoms with Crippen molar-refractivity contribution in [1.82, 2.24) is 5.32 Å². The van der Waals surface area contributed by atoms with E-state index >= 15 is 0 Å². The Balaban J connectivity index is 1.35. The van der Waals surface area contributed by atoms with Gasteiger partial charge in [0.05, 0.1) is 38.8 Å². The Bertz CT molecular complexity index is 1190. The van der Waals surface area contributed by atoms with E-state index in [2.05, 4.69) is 34.8 Å². The molecule has 0 amide bonds. The number of hydrogen-bond donors (Lipinski definition) is 6. The number of piperidine rings is 1. The van der Waals surface area contributed by atoms with Gasteiger partial charge in [0.1, 0.15) is 6.17 Å². The molecule has 3 saturated carbocycles. The van der Waals surface area contributed by atoms with E-state index < -0.39 is 23.1 Å². The number of esters is 1. The minimum absolute atomic E-state index is 0.0533. The van der Waals surface area contributed by atoms with Gasteiger partial charge in [0.15, 0.2) is 17.2 Å². The van der Waals surface area contributed by atoms with Gasteiger partial charge in [-0.3, -0.25) is 31.4 Å². The standard InChI is InChI=1S/C35H58N6O5/c1-5-22-11-12-27(39-6-2)24(18-22)20-45-32(44)35-31(43)26-10-8-7-9-25(26)30(42)34(35,46-35)15-13-21(3)17-28(41-33(37)38-4)23-14-16-40-29(36)19-23/h13,22-29,39-40H,5-12,14-20,36H2,1-4H3,(H3,37,38,41)/p+3/t22-,23?,24-,25?,26?,27+,28+,29?,34-,35-/m0/s1. The quantitative estimate of drug-likeness (QED) is 0.0380. The highest BCUT2D eigenvalue weighted by Crippen LogP contribution is 2.61. The summed E-state index contributed by atoms with van der Waals surface area (Å²) in [5.41, 5.74) is 10.2. The molecule has 5 aliphatic rings. The summed E-state index contributed by atoms with van der Waals surface area (Å²) >= 11 is 0. The van der Waals surface area contributed by atoms with Gasteiger partial charge in [-0.05, 0) is 51.9 Å². The molecule has 0 bridgehead atoms. The molecule has 0 aromatic heterocycles. The highest BCUT2D eigenvalue weighted by Gasteiger charge is 2.86. The predicted octanol–water partition coefficient (Wildman–Crippen LogP) is -1.26. The molecule has 0 radical (unpaired) electrons. The van der Waals surface area contributed by atoms with E-state index in [1.54, 1.807) is 7.05 Å². The lowest BCUT2D eigenvalue weighted by atomic mass is 9.61. The molecule has 0 aromatic carbocycles. The first kappa shape index (κ1) is 35.0. The van der Waals surface area contributed by atoms with Gasteiger partial charge in [0.25, 0.3) is 5.60 Å². The number of Topliss-reactive ketones (excluding diaryl/α,β-unsaturated/α-hetero) is 2. The summed E-state index contributed by atoms with van der Waals surface area (Å²) in [6, 6.07) is 0.449. The van der Waals surface area contributed by atoms with E-state index in [-0.39, 0.29) is 48.6 Å². The van der Waals surface area contributed by atoms with Crippen molar-refractivity contribution in [3.05, 3.63) is 11.6 Å². The number of quaternary nitrogens is 2. The third kappa shape index (κ3) is 6.80. The van der Waals surface area contributed by atoms with Crippen LogP contribution in [0.1, 0.15) is 97.8 Å². The molecular formula is C35H61N6O5+3. The van der Waals surface area contributed by atoms with E-state index in [9.17, 15) is 14.4 Å². The highest BCUT2D eigenvalue weighted by atomic mass is 16.7. The average molecular weight is 646 g/mol. The molecule has 11 heteroatoms. The molecule has 5 fully saturated rings. The number of ketones is 2. The topological polar surface area (TPSA) is 184 Å². The average Bonchev–Trinajstić information content (AvgIpc) is 3.77. The zero-order valence-electron chi connectivity index (χ0n) is 28.7. The van der Waals surface area contributed by atoms with Crippen LogP contribution in [0.2, 0.25) is 0 Å². The Kier molecular flexibility index (Phi) is 11.3. The predicted molar refractivity (Wildman–Crippen MR) is 174 cm³/mol. The van der Waals surface area contributed by atoms with Crippen molar-refractivity contribution in [2.45, 2.75) is 127 Å². The fourth-order valence-electron chi connectivity index (χ4n) is 9.27.